The molecule has 2 aliphatic carbocycles. The van der Waals surface area contributed by atoms with Crippen LogP contribution < -0.4 is 15.4 Å². The summed E-state index contributed by atoms with van der Waals surface area (Å²) < 4.78 is 6.20. The maximum Gasteiger partial charge on any atom is 0.255 e. The van der Waals surface area contributed by atoms with Crippen LogP contribution in [0.25, 0.3) is 22.3 Å². The Morgan fingerprint density at radius 2 is 1.81 bits per heavy atom. The van der Waals surface area contributed by atoms with Crippen LogP contribution >= 0.6 is 0 Å². The second kappa shape index (κ2) is 10.9. The van der Waals surface area contributed by atoms with Crippen molar-refractivity contribution < 1.29 is 19.4 Å². The lowest BCUT2D eigenvalue weighted by atomic mass is 9.91. The number of aliphatic hydroxyl groups excluding tert-OH is 1. The number of benzene rings is 1. The van der Waals surface area contributed by atoms with Crippen LogP contribution in [0.15, 0.2) is 24.5 Å². The number of carbonyl (C=O) groups excluding carboxylic acids is 2. The van der Waals surface area contributed by atoms with Gasteiger partial charge in [0.2, 0.25) is 5.91 Å². The summed E-state index contributed by atoms with van der Waals surface area (Å²) in [6.45, 7) is 4.20. The van der Waals surface area contributed by atoms with Gasteiger partial charge in [-0.1, -0.05) is 13.0 Å². The van der Waals surface area contributed by atoms with Crippen molar-refractivity contribution >= 4 is 22.8 Å². The Morgan fingerprint density at radius 1 is 1.08 bits per heavy atom. The lowest BCUT2D eigenvalue weighted by Gasteiger charge is -2.29. The van der Waals surface area contributed by atoms with E-state index in [1.807, 2.05) is 13.0 Å². The fourth-order valence-electron chi connectivity index (χ4n) is 5.12. The van der Waals surface area contributed by atoms with Crippen molar-refractivity contribution in [2.75, 3.05) is 13.2 Å². The van der Waals surface area contributed by atoms with E-state index >= 15 is 0 Å². The zero-order valence-electron chi connectivity index (χ0n) is 21.5. The third-order valence-electron chi connectivity index (χ3n) is 7.45. The standard InChI is InChI=1S/C28H35N5O4/c1-3-17-6-11-22(37-14-18-4-5-18)21(12-17)25-27-26(30-15-29-25)24(16(2)31-27)28(36)33-20-9-7-19(8-10-20)32-23(35)13-34/h6,11-12,15,18-20,31,34H,3-5,7-10,13-14H2,1-2H3,(H,32,35)(H,33,36). The maximum atomic E-state index is 13.4. The molecule has 1 aromatic carbocycles. The number of aromatic amines is 1. The molecule has 0 spiro atoms. The van der Waals surface area contributed by atoms with Crippen LogP contribution in [0.3, 0.4) is 0 Å². The van der Waals surface area contributed by atoms with Gasteiger partial charge in [-0.3, -0.25) is 9.59 Å². The Bertz CT molecular complexity index is 1290. The molecule has 196 valence electrons. The van der Waals surface area contributed by atoms with Crippen molar-refractivity contribution in [2.45, 2.75) is 70.9 Å². The summed E-state index contributed by atoms with van der Waals surface area (Å²) in [5.41, 5.74) is 5.42. The number of hydrogen-bond donors (Lipinski definition) is 4. The Kier molecular flexibility index (Phi) is 7.41. The number of aliphatic hydroxyl groups is 1. The summed E-state index contributed by atoms with van der Waals surface area (Å²) >= 11 is 0. The predicted molar refractivity (Wildman–Crippen MR) is 140 cm³/mol. The van der Waals surface area contributed by atoms with Crippen molar-refractivity contribution in [3.8, 4) is 17.0 Å². The first-order chi connectivity index (χ1) is 18.0. The van der Waals surface area contributed by atoms with E-state index in [4.69, 9.17) is 9.84 Å². The number of hydrogen-bond acceptors (Lipinski definition) is 6. The molecule has 37 heavy (non-hydrogen) atoms. The average Bonchev–Trinajstić information content (AvgIpc) is 3.67. The zero-order chi connectivity index (χ0) is 25.9. The number of ether oxygens (including phenoxy) is 1. The Hall–Kier alpha value is -3.46. The lowest BCUT2D eigenvalue weighted by molar-refractivity contribution is -0.124. The van der Waals surface area contributed by atoms with E-state index in [0.29, 0.717) is 23.6 Å². The predicted octanol–water partition coefficient (Wildman–Crippen LogP) is 3.43. The molecular formula is C28H35N5O4. The normalized spacial score (nSPS) is 19.5. The van der Waals surface area contributed by atoms with Crippen LogP contribution in [0.2, 0.25) is 0 Å². The second-order valence-corrected chi connectivity index (χ2v) is 10.3. The van der Waals surface area contributed by atoms with Gasteiger partial charge in [-0.05, 0) is 75.5 Å². The van der Waals surface area contributed by atoms with Crippen molar-refractivity contribution in [3.05, 3.63) is 41.3 Å². The molecule has 0 aliphatic heterocycles. The van der Waals surface area contributed by atoms with Crippen molar-refractivity contribution in [1.82, 2.24) is 25.6 Å². The first kappa shape index (κ1) is 25.2. The van der Waals surface area contributed by atoms with E-state index in [1.165, 1.54) is 24.7 Å². The minimum Gasteiger partial charge on any atom is -0.493 e. The van der Waals surface area contributed by atoms with Gasteiger partial charge in [-0.2, -0.15) is 0 Å². The van der Waals surface area contributed by atoms with Crippen molar-refractivity contribution in [3.63, 3.8) is 0 Å². The fraction of sp³-hybridized carbons (Fsp3) is 0.500. The van der Waals surface area contributed by atoms with E-state index < -0.39 is 6.61 Å². The van der Waals surface area contributed by atoms with Gasteiger partial charge in [-0.15, -0.1) is 0 Å². The van der Waals surface area contributed by atoms with E-state index in [9.17, 15) is 9.59 Å². The van der Waals surface area contributed by atoms with E-state index in [-0.39, 0.29) is 23.9 Å². The maximum absolute atomic E-state index is 13.4. The highest BCUT2D eigenvalue weighted by Gasteiger charge is 2.27. The van der Waals surface area contributed by atoms with Crippen LogP contribution in [0.4, 0.5) is 0 Å². The molecule has 3 aromatic rings. The minimum absolute atomic E-state index is 0.0177. The van der Waals surface area contributed by atoms with E-state index in [1.54, 1.807) is 0 Å². The number of nitrogens with zero attached hydrogens (tertiary/aromatic N) is 2. The molecule has 0 unspecified atom stereocenters. The van der Waals surface area contributed by atoms with Crippen LogP contribution in [-0.4, -0.2) is 57.2 Å². The topological polar surface area (TPSA) is 129 Å². The zero-order valence-corrected chi connectivity index (χ0v) is 21.5. The average molecular weight is 506 g/mol. The van der Waals surface area contributed by atoms with Gasteiger partial charge in [0.15, 0.2) is 0 Å². The molecule has 2 aliphatic rings. The number of carbonyl (C=O) groups is 2. The van der Waals surface area contributed by atoms with Crippen molar-refractivity contribution in [2.24, 2.45) is 5.92 Å². The summed E-state index contributed by atoms with van der Waals surface area (Å²) in [6.07, 6.45) is 7.87. The Balaban J connectivity index is 1.38. The molecule has 2 aromatic heterocycles. The van der Waals surface area contributed by atoms with E-state index in [0.717, 1.165) is 60.3 Å². The molecule has 4 N–H and O–H groups in total. The third kappa shape index (κ3) is 5.61. The number of aromatic nitrogens is 3. The molecular weight excluding hydrogens is 470 g/mol. The van der Waals surface area contributed by atoms with Gasteiger partial charge in [0.05, 0.1) is 17.7 Å². The smallest absolute Gasteiger partial charge is 0.255 e. The first-order valence-electron chi connectivity index (χ1n) is 13.3. The van der Waals surface area contributed by atoms with Crippen LogP contribution in [-0.2, 0) is 11.2 Å². The molecule has 5 rings (SSSR count). The molecule has 0 bridgehead atoms. The molecule has 0 saturated heterocycles. The monoisotopic (exact) mass is 505 g/mol. The quantitative estimate of drug-likeness (QED) is 0.353. The van der Waals surface area contributed by atoms with Crippen LogP contribution in [0.5, 0.6) is 5.75 Å². The first-order valence-corrected chi connectivity index (χ1v) is 13.3. The summed E-state index contributed by atoms with van der Waals surface area (Å²) in [5, 5.41) is 14.9. The number of aryl methyl sites for hydroxylation is 2. The molecule has 2 amide bonds. The molecule has 2 fully saturated rings. The van der Waals surface area contributed by atoms with Gasteiger partial charge in [0.25, 0.3) is 5.91 Å². The summed E-state index contributed by atoms with van der Waals surface area (Å²) in [5.74, 6) is 0.910. The number of fused-ring (bicyclic) bond motifs is 1. The largest absolute Gasteiger partial charge is 0.493 e. The van der Waals surface area contributed by atoms with Crippen LogP contribution in [0.1, 0.15) is 67.1 Å². The van der Waals surface area contributed by atoms with Gasteiger partial charge in [0, 0.05) is 23.3 Å². The Labute approximate surface area is 216 Å². The molecule has 9 heteroatoms. The molecule has 2 heterocycles. The highest BCUT2D eigenvalue weighted by Crippen LogP contribution is 2.37. The summed E-state index contributed by atoms with van der Waals surface area (Å²) in [4.78, 5) is 37.3. The molecule has 0 atom stereocenters. The second-order valence-electron chi connectivity index (χ2n) is 10.3. The SMILES string of the molecule is CCc1ccc(OCC2CC2)c(-c2ncnc3c(C(=O)NC4CCC(NC(=O)CO)CC4)c(C)[nH]c23)c1. The lowest BCUT2D eigenvalue weighted by Crippen LogP contribution is -2.44. The fourth-order valence-corrected chi connectivity index (χ4v) is 5.12. The number of H-pyrrole nitrogens is 1. The van der Waals surface area contributed by atoms with Crippen molar-refractivity contribution in [1.29, 1.82) is 0 Å². The highest BCUT2D eigenvalue weighted by molar-refractivity contribution is 6.09. The van der Waals surface area contributed by atoms with E-state index in [2.05, 4.69) is 44.6 Å². The van der Waals surface area contributed by atoms with Gasteiger partial charge in [0.1, 0.15) is 29.9 Å². The highest BCUT2D eigenvalue weighted by atomic mass is 16.5. The van der Waals surface area contributed by atoms with Crippen LogP contribution in [0, 0.1) is 12.8 Å². The van der Waals surface area contributed by atoms with Gasteiger partial charge < -0.3 is 25.5 Å². The molecule has 2 saturated carbocycles. The summed E-state index contributed by atoms with van der Waals surface area (Å²) in [7, 11) is 0. The minimum atomic E-state index is -0.503. The summed E-state index contributed by atoms with van der Waals surface area (Å²) in [6, 6.07) is 6.28. The van der Waals surface area contributed by atoms with Gasteiger partial charge >= 0.3 is 0 Å². The number of amides is 2. The Morgan fingerprint density at radius 3 is 2.49 bits per heavy atom. The van der Waals surface area contributed by atoms with Gasteiger partial charge in [-0.25, -0.2) is 9.97 Å². The molecule has 0 radical (unpaired) electrons. The third-order valence-corrected chi connectivity index (χ3v) is 7.45. The molecule has 9 nitrogen and oxygen atoms in total. The number of rotatable bonds is 9. The number of nitrogens with one attached hydrogen (secondary N) is 3.